The van der Waals surface area contributed by atoms with E-state index in [1.165, 1.54) is 0 Å². The van der Waals surface area contributed by atoms with E-state index >= 15 is 0 Å². The minimum absolute atomic E-state index is 0.0431. The van der Waals surface area contributed by atoms with Crippen LogP contribution in [0.2, 0.25) is 0 Å². The standard InChI is InChI=1S/C15H18N2O2/c1-9(2)19-10-3-4-14-12(7-10)13-8-16-6-5-11(13)15(18)17-14/h3-4,7,9,16H,5-6,8H2,1-2H3,(H,17,18). The Morgan fingerprint density at radius 1 is 1.26 bits per heavy atom. The van der Waals surface area contributed by atoms with Crippen molar-refractivity contribution in [3.05, 3.63) is 39.7 Å². The van der Waals surface area contributed by atoms with Crippen LogP contribution in [0.4, 0.5) is 0 Å². The average Bonchev–Trinajstić information content (AvgIpc) is 2.39. The number of pyridine rings is 1. The molecule has 1 aromatic carbocycles. The summed E-state index contributed by atoms with van der Waals surface area (Å²) in [5, 5.41) is 4.41. The Bertz CT molecular complexity index is 674. The van der Waals surface area contributed by atoms with Crippen LogP contribution in [0, 0.1) is 0 Å². The van der Waals surface area contributed by atoms with Crippen LogP contribution in [0.15, 0.2) is 23.0 Å². The Labute approximate surface area is 111 Å². The number of aromatic nitrogens is 1. The van der Waals surface area contributed by atoms with Gasteiger partial charge in [-0.25, -0.2) is 0 Å². The molecule has 4 nitrogen and oxygen atoms in total. The first-order chi connectivity index (χ1) is 9.15. The van der Waals surface area contributed by atoms with E-state index in [1.807, 2.05) is 32.0 Å². The van der Waals surface area contributed by atoms with Crippen LogP contribution < -0.4 is 15.6 Å². The van der Waals surface area contributed by atoms with E-state index in [4.69, 9.17) is 4.74 Å². The summed E-state index contributed by atoms with van der Waals surface area (Å²) in [6.45, 7) is 5.63. The minimum Gasteiger partial charge on any atom is -0.491 e. The van der Waals surface area contributed by atoms with Crippen LogP contribution >= 0.6 is 0 Å². The molecule has 0 radical (unpaired) electrons. The number of hydrogen-bond acceptors (Lipinski definition) is 3. The zero-order chi connectivity index (χ0) is 13.4. The zero-order valence-electron chi connectivity index (χ0n) is 11.2. The lowest BCUT2D eigenvalue weighted by atomic mass is 9.98. The Morgan fingerprint density at radius 2 is 2.11 bits per heavy atom. The number of H-pyrrole nitrogens is 1. The summed E-state index contributed by atoms with van der Waals surface area (Å²) in [4.78, 5) is 15.0. The largest absolute Gasteiger partial charge is 0.491 e. The molecule has 1 aliphatic rings. The Hall–Kier alpha value is -1.81. The molecule has 0 unspecified atom stereocenters. The van der Waals surface area contributed by atoms with Gasteiger partial charge in [-0.05, 0) is 50.6 Å². The van der Waals surface area contributed by atoms with Gasteiger partial charge < -0.3 is 15.0 Å². The number of rotatable bonds is 2. The van der Waals surface area contributed by atoms with E-state index in [0.29, 0.717) is 0 Å². The highest BCUT2D eigenvalue weighted by Crippen LogP contribution is 2.25. The zero-order valence-corrected chi connectivity index (χ0v) is 11.2. The van der Waals surface area contributed by atoms with E-state index < -0.39 is 0 Å². The fraction of sp³-hybridized carbons (Fsp3) is 0.400. The monoisotopic (exact) mass is 258 g/mol. The van der Waals surface area contributed by atoms with E-state index in [9.17, 15) is 4.79 Å². The summed E-state index contributed by atoms with van der Waals surface area (Å²) in [5.41, 5.74) is 2.94. The predicted octanol–water partition coefficient (Wildman–Crippen LogP) is 1.96. The summed E-state index contributed by atoms with van der Waals surface area (Å²) in [6.07, 6.45) is 0.935. The molecule has 0 atom stereocenters. The smallest absolute Gasteiger partial charge is 0.251 e. The normalized spacial score (nSPS) is 14.7. The van der Waals surface area contributed by atoms with Crippen molar-refractivity contribution in [2.75, 3.05) is 6.54 Å². The maximum atomic E-state index is 12.0. The highest BCUT2D eigenvalue weighted by atomic mass is 16.5. The van der Waals surface area contributed by atoms with Crippen LogP contribution in [-0.2, 0) is 13.0 Å². The molecule has 2 heterocycles. The van der Waals surface area contributed by atoms with Crippen LogP contribution in [0.1, 0.15) is 25.0 Å². The van der Waals surface area contributed by atoms with Crippen molar-refractivity contribution < 1.29 is 4.74 Å². The summed E-state index contributed by atoms with van der Waals surface area (Å²) in [6, 6.07) is 5.85. The summed E-state index contributed by atoms with van der Waals surface area (Å²) in [5.74, 6) is 0.849. The van der Waals surface area contributed by atoms with Gasteiger partial charge >= 0.3 is 0 Å². The van der Waals surface area contributed by atoms with Crippen LogP contribution in [-0.4, -0.2) is 17.6 Å². The van der Waals surface area contributed by atoms with Crippen molar-refractivity contribution >= 4 is 10.9 Å². The molecule has 0 bridgehead atoms. The second-order valence-corrected chi connectivity index (χ2v) is 5.21. The molecule has 1 aliphatic heterocycles. The first-order valence-corrected chi connectivity index (χ1v) is 6.70. The molecule has 0 saturated carbocycles. The second-order valence-electron chi connectivity index (χ2n) is 5.21. The van der Waals surface area contributed by atoms with Gasteiger partial charge in [-0.3, -0.25) is 4.79 Å². The summed E-state index contributed by atoms with van der Waals surface area (Å²) in [7, 11) is 0. The Kier molecular flexibility index (Phi) is 3.03. The Morgan fingerprint density at radius 3 is 2.89 bits per heavy atom. The maximum Gasteiger partial charge on any atom is 0.251 e. The number of benzene rings is 1. The van der Waals surface area contributed by atoms with Crippen molar-refractivity contribution in [1.29, 1.82) is 0 Å². The molecule has 0 aliphatic carbocycles. The summed E-state index contributed by atoms with van der Waals surface area (Å²) >= 11 is 0. The Balaban J connectivity index is 2.20. The third-order valence-electron chi connectivity index (χ3n) is 3.43. The van der Waals surface area contributed by atoms with Gasteiger partial charge in [0.25, 0.3) is 5.56 Å². The molecule has 2 N–H and O–H groups in total. The lowest BCUT2D eigenvalue weighted by Gasteiger charge is -2.19. The van der Waals surface area contributed by atoms with Crippen molar-refractivity contribution in [3.63, 3.8) is 0 Å². The van der Waals surface area contributed by atoms with Crippen molar-refractivity contribution in [2.24, 2.45) is 0 Å². The third-order valence-corrected chi connectivity index (χ3v) is 3.43. The highest BCUT2D eigenvalue weighted by Gasteiger charge is 2.16. The van der Waals surface area contributed by atoms with Gasteiger partial charge in [-0.15, -0.1) is 0 Å². The molecular formula is C15H18N2O2. The molecule has 0 fully saturated rings. The maximum absolute atomic E-state index is 12.0. The van der Waals surface area contributed by atoms with E-state index in [0.717, 1.165) is 47.3 Å². The molecule has 0 amide bonds. The van der Waals surface area contributed by atoms with E-state index in [2.05, 4.69) is 10.3 Å². The number of ether oxygens (including phenoxy) is 1. The molecule has 2 aromatic rings. The fourth-order valence-corrected chi connectivity index (χ4v) is 2.62. The van der Waals surface area contributed by atoms with E-state index in [1.54, 1.807) is 0 Å². The van der Waals surface area contributed by atoms with Crippen LogP contribution in [0.5, 0.6) is 5.75 Å². The molecule has 4 heteroatoms. The molecule has 0 saturated heterocycles. The molecule has 100 valence electrons. The number of nitrogens with one attached hydrogen (secondary N) is 2. The van der Waals surface area contributed by atoms with Gasteiger partial charge in [0.2, 0.25) is 0 Å². The summed E-state index contributed by atoms with van der Waals surface area (Å²) < 4.78 is 5.73. The first kappa shape index (κ1) is 12.2. The fourth-order valence-electron chi connectivity index (χ4n) is 2.62. The third kappa shape index (κ3) is 2.24. The SMILES string of the molecule is CC(C)Oc1ccc2[nH]c(=O)c3c(c2c1)CNCC3. The molecular weight excluding hydrogens is 240 g/mol. The van der Waals surface area contributed by atoms with Gasteiger partial charge in [-0.1, -0.05) is 0 Å². The second kappa shape index (κ2) is 4.70. The minimum atomic E-state index is 0.0431. The quantitative estimate of drug-likeness (QED) is 0.865. The lowest BCUT2D eigenvalue weighted by molar-refractivity contribution is 0.242. The van der Waals surface area contributed by atoms with Crippen molar-refractivity contribution in [1.82, 2.24) is 10.3 Å². The van der Waals surface area contributed by atoms with Crippen molar-refractivity contribution in [2.45, 2.75) is 32.9 Å². The molecule has 1 aromatic heterocycles. The molecule has 3 rings (SSSR count). The molecule has 0 spiro atoms. The van der Waals surface area contributed by atoms with Crippen LogP contribution in [0.25, 0.3) is 10.9 Å². The number of aromatic amines is 1. The first-order valence-electron chi connectivity index (χ1n) is 6.70. The van der Waals surface area contributed by atoms with Gasteiger partial charge in [-0.2, -0.15) is 0 Å². The highest BCUT2D eigenvalue weighted by molar-refractivity contribution is 5.84. The number of hydrogen-bond donors (Lipinski definition) is 2. The predicted molar refractivity (Wildman–Crippen MR) is 75.7 cm³/mol. The lowest BCUT2D eigenvalue weighted by Crippen LogP contribution is -2.30. The van der Waals surface area contributed by atoms with Gasteiger partial charge in [0.05, 0.1) is 6.10 Å². The van der Waals surface area contributed by atoms with Crippen molar-refractivity contribution in [3.8, 4) is 5.75 Å². The topological polar surface area (TPSA) is 54.1 Å². The van der Waals surface area contributed by atoms with Gasteiger partial charge in [0, 0.05) is 23.0 Å². The average molecular weight is 258 g/mol. The van der Waals surface area contributed by atoms with Gasteiger partial charge in [0.15, 0.2) is 0 Å². The number of fused-ring (bicyclic) bond motifs is 3. The van der Waals surface area contributed by atoms with Crippen LogP contribution in [0.3, 0.4) is 0 Å². The van der Waals surface area contributed by atoms with E-state index in [-0.39, 0.29) is 11.7 Å². The van der Waals surface area contributed by atoms with Gasteiger partial charge in [0.1, 0.15) is 5.75 Å². The molecule has 19 heavy (non-hydrogen) atoms.